The number of hydrogen-bond donors (Lipinski definition) is 0. The van der Waals surface area contributed by atoms with Crippen molar-refractivity contribution in [1.29, 1.82) is 0 Å². The van der Waals surface area contributed by atoms with Gasteiger partial charge in [-0.2, -0.15) is 0 Å². The van der Waals surface area contributed by atoms with E-state index < -0.39 is 0 Å². The molecule has 0 aromatic rings. The lowest BCUT2D eigenvalue weighted by atomic mass is 10.0. The highest BCUT2D eigenvalue weighted by molar-refractivity contribution is 5.78. The van der Waals surface area contributed by atoms with Gasteiger partial charge in [0.1, 0.15) is 5.78 Å². The third kappa shape index (κ3) is 17.7. The highest BCUT2D eigenvalue weighted by Gasteiger charge is 2.03. The highest BCUT2D eigenvalue weighted by Crippen LogP contribution is 2.14. The molecule has 1 heteroatoms. The molecular formula is C21H42O. The minimum absolute atomic E-state index is 0.491. The van der Waals surface area contributed by atoms with Gasteiger partial charge in [0.25, 0.3) is 0 Å². The Hall–Kier alpha value is -0.330. The molecule has 0 aliphatic heterocycles. The Balaban J connectivity index is 3.15. The fourth-order valence-electron chi connectivity index (χ4n) is 2.94. The predicted octanol–water partition coefficient (Wildman–Crippen LogP) is 7.33. The standard InChI is InChI=1S/C21H42O/c1-19(2)15-12-10-8-6-5-7-9-11-13-17-21(22)18-14-16-20(3)4/h19-20H,5-18H2,1-4H3. The zero-order valence-corrected chi connectivity index (χ0v) is 16.0. The van der Waals surface area contributed by atoms with E-state index in [4.69, 9.17) is 0 Å². The molecule has 0 fully saturated rings. The van der Waals surface area contributed by atoms with Crippen LogP contribution in [0.15, 0.2) is 0 Å². The van der Waals surface area contributed by atoms with Crippen LogP contribution in [0, 0.1) is 11.8 Å². The van der Waals surface area contributed by atoms with E-state index in [1.54, 1.807) is 0 Å². The summed E-state index contributed by atoms with van der Waals surface area (Å²) in [5.74, 6) is 2.09. The van der Waals surface area contributed by atoms with Gasteiger partial charge in [0.05, 0.1) is 0 Å². The van der Waals surface area contributed by atoms with Crippen LogP contribution >= 0.6 is 0 Å². The summed E-state index contributed by atoms with van der Waals surface area (Å²) >= 11 is 0. The second kappa shape index (κ2) is 15.6. The quantitative estimate of drug-likeness (QED) is 0.273. The maximum atomic E-state index is 11.7. The molecular weight excluding hydrogens is 268 g/mol. The van der Waals surface area contributed by atoms with E-state index in [0.29, 0.717) is 5.78 Å². The van der Waals surface area contributed by atoms with Crippen molar-refractivity contribution in [3.8, 4) is 0 Å². The van der Waals surface area contributed by atoms with Crippen LogP contribution in [0.3, 0.4) is 0 Å². The summed E-state index contributed by atoms with van der Waals surface area (Å²) in [5.41, 5.74) is 0. The lowest BCUT2D eigenvalue weighted by Gasteiger charge is -2.05. The van der Waals surface area contributed by atoms with Crippen molar-refractivity contribution in [2.24, 2.45) is 11.8 Å². The molecule has 22 heavy (non-hydrogen) atoms. The smallest absolute Gasteiger partial charge is 0.132 e. The topological polar surface area (TPSA) is 17.1 Å². The number of hydrogen-bond acceptors (Lipinski definition) is 1. The second-order valence-corrected chi connectivity index (χ2v) is 7.94. The Morgan fingerprint density at radius 2 is 0.909 bits per heavy atom. The Kier molecular flexibility index (Phi) is 15.3. The Labute approximate surface area is 140 Å². The first-order valence-corrected chi connectivity index (χ1v) is 10.0. The average Bonchev–Trinajstić information content (AvgIpc) is 2.44. The van der Waals surface area contributed by atoms with E-state index in [-0.39, 0.29) is 0 Å². The van der Waals surface area contributed by atoms with Gasteiger partial charge in [-0.25, -0.2) is 0 Å². The Morgan fingerprint density at radius 3 is 1.41 bits per heavy atom. The molecule has 0 aliphatic carbocycles. The summed E-state index contributed by atoms with van der Waals surface area (Å²) in [6.45, 7) is 9.09. The fraction of sp³-hybridized carbons (Fsp3) is 0.952. The SMILES string of the molecule is CC(C)CCCCCCCCCCCC(=O)CCCC(C)C. The minimum atomic E-state index is 0.491. The molecule has 0 N–H and O–H groups in total. The third-order valence-corrected chi connectivity index (χ3v) is 4.47. The third-order valence-electron chi connectivity index (χ3n) is 4.47. The van der Waals surface area contributed by atoms with E-state index in [2.05, 4.69) is 27.7 Å². The van der Waals surface area contributed by atoms with Gasteiger partial charge >= 0.3 is 0 Å². The van der Waals surface area contributed by atoms with Gasteiger partial charge in [-0.1, -0.05) is 91.9 Å². The first-order chi connectivity index (χ1) is 10.5. The Morgan fingerprint density at radius 1 is 0.545 bits per heavy atom. The molecule has 0 aromatic carbocycles. The average molecular weight is 311 g/mol. The van der Waals surface area contributed by atoms with Crippen molar-refractivity contribution >= 4 is 5.78 Å². The van der Waals surface area contributed by atoms with E-state index in [1.807, 2.05) is 0 Å². The van der Waals surface area contributed by atoms with Crippen molar-refractivity contribution < 1.29 is 4.79 Å². The summed E-state index contributed by atoms with van der Waals surface area (Å²) in [6, 6.07) is 0. The molecule has 1 nitrogen and oxygen atoms in total. The minimum Gasteiger partial charge on any atom is -0.300 e. The molecule has 0 rings (SSSR count). The van der Waals surface area contributed by atoms with Crippen molar-refractivity contribution in [2.45, 2.75) is 118 Å². The van der Waals surface area contributed by atoms with Crippen LogP contribution in [0.25, 0.3) is 0 Å². The van der Waals surface area contributed by atoms with Crippen LogP contribution in [0.4, 0.5) is 0 Å². The van der Waals surface area contributed by atoms with E-state index in [9.17, 15) is 4.79 Å². The molecule has 0 saturated heterocycles. The number of carbonyl (C=O) groups excluding carboxylic acids is 1. The van der Waals surface area contributed by atoms with Crippen LogP contribution in [0.2, 0.25) is 0 Å². The van der Waals surface area contributed by atoms with Gasteiger partial charge in [0, 0.05) is 12.8 Å². The van der Waals surface area contributed by atoms with Crippen LogP contribution in [0.1, 0.15) is 118 Å². The molecule has 0 unspecified atom stereocenters. The number of carbonyl (C=O) groups is 1. The molecule has 0 bridgehead atoms. The number of rotatable bonds is 16. The number of Topliss-reactive ketones (excluding diaryl/α,β-unsaturated/α-hetero) is 1. The van der Waals surface area contributed by atoms with Crippen LogP contribution < -0.4 is 0 Å². The molecule has 0 aliphatic rings. The van der Waals surface area contributed by atoms with Gasteiger partial charge in [0.15, 0.2) is 0 Å². The Bertz CT molecular complexity index is 242. The molecule has 0 spiro atoms. The van der Waals surface area contributed by atoms with Gasteiger partial charge in [-0.15, -0.1) is 0 Å². The molecule has 0 heterocycles. The number of unbranched alkanes of at least 4 members (excludes halogenated alkanes) is 8. The molecule has 132 valence electrons. The first kappa shape index (κ1) is 21.7. The summed E-state index contributed by atoms with van der Waals surface area (Å²) in [4.78, 5) is 11.7. The van der Waals surface area contributed by atoms with Crippen molar-refractivity contribution in [3.63, 3.8) is 0 Å². The van der Waals surface area contributed by atoms with Gasteiger partial charge < -0.3 is 0 Å². The van der Waals surface area contributed by atoms with Crippen LogP contribution in [0.5, 0.6) is 0 Å². The molecule has 0 saturated carbocycles. The molecule has 0 amide bonds. The fourth-order valence-corrected chi connectivity index (χ4v) is 2.94. The first-order valence-electron chi connectivity index (χ1n) is 10.0. The lowest BCUT2D eigenvalue weighted by Crippen LogP contribution is -1.99. The van der Waals surface area contributed by atoms with E-state index >= 15 is 0 Å². The summed E-state index contributed by atoms with van der Waals surface area (Å²) in [5, 5.41) is 0. The lowest BCUT2D eigenvalue weighted by molar-refractivity contribution is -0.119. The highest BCUT2D eigenvalue weighted by atomic mass is 16.1. The van der Waals surface area contributed by atoms with E-state index in [1.165, 1.54) is 64.2 Å². The van der Waals surface area contributed by atoms with Crippen molar-refractivity contribution in [1.82, 2.24) is 0 Å². The van der Waals surface area contributed by atoms with Crippen LogP contribution in [-0.2, 0) is 4.79 Å². The summed E-state index contributed by atoms with van der Waals surface area (Å²) in [6.07, 6.45) is 17.4. The zero-order valence-electron chi connectivity index (χ0n) is 16.0. The molecule has 0 radical (unpaired) electrons. The molecule has 0 aromatic heterocycles. The van der Waals surface area contributed by atoms with Gasteiger partial charge in [0.2, 0.25) is 0 Å². The maximum Gasteiger partial charge on any atom is 0.132 e. The number of ketones is 1. The zero-order chi connectivity index (χ0) is 16.6. The predicted molar refractivity (Wildman–Crippen MR) is 99.3 cm³/mol. The molecule has 0 atom stereocenters. The van der Waals surface area contributed by atoms with Gasteiger partial charge in [-0.3, -0.25) is 4.79 Å². The second-order valence-electron chi connectivity index (χ2n) is 7.94. The van der Waals surface area contributed by atoms with Crippen molar-refractivity contribution in [2.75, 3.05) is 0 Å². The van der Waals surface area contributed by atoms with Crippen molar-refractivity contribution in [3.05, 3.63) is 0 Å². The summed E-state index contributed by atoms with van der Waals surface area (Å²) < 4.78 is 0. The van der Waals surface area contributed by atoms with Crippen LogP contribution in [-0.4, -0.2) is 5.78 Å². The van der Waals surface area contributed by atoms with Gasteiger partial charge in [-0.05, 0) is 24.7 Å². The normalized spacial score (nSPS) is 11.5. The monoisotopic (exact) mass is 310 g/mol. The largest absolute Gasteiger partial charge is 0.300 e. The maximum absolute atomic E-state index is 11.7. The summed E-state index contributed by atoms with van der Waals surface area (Å²) in [7, 11) is 0. The van der Waals surface area contributed by atoms with E-state index in [0.717, 1.165) is 37.5 Å².